The van der Waals surface area contributed by atoms with Crippen LogP contribution in [0.1, 0.15) is 26.3 Å². The van der Waals surface area contributed by atoms with Gasteiger partial charge in [-0.15, -0.1) is 0 Å². The van der Waals surface area contributed by atoms with Crippen molar-refractivity contribution in [3.8, 4) is 0 Å². The number of carbonyl (C=O) groups is 2. The molecular weight excluding hydrogens is 265 g/mol. The minimum Gasteiger partial charge on any atom is -0.328 e. The molecule has 1 fully saturated rings. The zero-order valence-electron chi connectivity index (χ0n) is 12.6. The van der Waals surface area contributed by atoms with Gasteiger partial charge in [-0.05, 0) is 26.3 Å². The fraction of sp³-hybridized carbons (Fsp3) is 0.467. The molecule has 2 N–H and O–H groups in total. The quantitative estimate of drug-likeness (QED) is 0.639. The highest BCUT2D eigenvalue weighted by Crippen LogP contribution is 2.25. The first-order valence-corrected chi connectivity index (χ1v) is 6.97. The zero-order valence-corrected chi connectivity index (χ0v) is 12.6. The number of carbonyl (C=O) groups excluding carboxylic acids is 2. The molecule has 21 heavy (non-hydrogen) atoms. The number of benzene rings is 1. The van der Waals surface area contributed by atoms with E-state index in [0.717, 1.165) is 4.90 Å². The Morgan fingerprint density at radius 3 is 2.43 bits per heavy atom. The smallest absolute Gasteiger partial charge is 0.324 e. The van der Waals surface area contributed by atoms with E-state index in [0.29, 0.717) is 12.1 Å². The molecule has 1 aromatic rings. The Bertz CT molecular complexity index is 542. The molecule has 3 amide bonds. The van der Waals surface area contributed by atoms with Gasteiger partial charge in [-0.2, -0.15) is 0 Å². The number of amides is 3. The average molecular weight is 285 g/mol. The standard InChI is InChI=1S/C15H20BN3O2/c1-14(2,3)17-9-10-19-12(20)15(16,18-13(19)21)11-7-5-4-6-8-11/h4-8,17H,9-10H2,1-3H3,(H,18,21). The molecule has 1 atom stereocenters. The topological polar surface area (TPSA) is 61.4 Å². The molecule has 1 saturated heterocycles. The average Bonchev–Trinajstić information content (AvgIpc) is 2.63. The predicted molar refractivity (Wildman–Crippen MR) is 81.9 cm³/mol. The van der Waals surface area contributed by atoms with Crippen molar-refractivity contribution in [2.45, 2.75) is 31.7 Å². The maximum atomic E-state index is 12.5. The van der Waals surface area contributed by atoms with Crippen LogP contribution in [0.5, 0.6) is 0 Å². The Morgan fingerprint density at radius 1 is 1.24 bits per heavy atom. The van der Waals surface area contributed by atoms with Gasteiger partial charge in [0.05, 0.1) is 0 Å². The number of hydrogen-bond donors (Lipinski definition) is 2. The molecule has 1 unspecified atom stereocenters. The second-order valence-corrected chi connectivity index (χ2v) is 6.24. The minimum atomic E-state index is -1.47. The maximum Gasteiger partial charge on any atom is 0.324 e. The Labute approximate surface area is 126 Å². The molecule has 1 aliphatic rings. The van der Waals surface area contributed by atoms with E-state index in [1.807, 2.05) is 26.8 Å². The van der Waals surface area contributed by atoms with Gasteiger partial charge in [0.1, 0.15) is 13.3 Å². The van der Waals surface area contributed by atoms with Crippen LogP contribution in [0.3, 0.4) is 0 Å². The van der Waals surface area contributed by atoms with E-state index in [1.165, 1.54) is 0 Å². The first kappa shape index (κ1) is 15.6. The molecule has 0 bridgehead atoms. The molecule has 0 aromatic heterocycles. The highest BCUT2D eigenvalue weighted by Gasteiger charge is 2.47. The summed E-state index contributed by atoms with van der Waals surface area (Å²) in [5, 5.41) is 5.82. The second kappa shape index (κ2) is 5.52. The highest BCUT2D eigenvalue weighted by molar-refractivity contribution is 6.33. The number of nitrogens with zero attached hydrogens (tertiary/aromatic N) is 1. The molecule has 6 heteroatoms. The normalized spacial score (nSPS) is 22.5. The summed E-state index contributed by atoms with van der Waals surface area (Å²) in [6, 6.07) is 8.41. The van der Waals surface area contributed by atoms with Crippen molar-refractivity contribution >= 4 is 19.8 Å². The van der Waals surface area contributed by atoms with Gasteiger partial charge >= 0.3 is 6.03 Å². The third-order valence-corrected chi connectivity index (χ3v) is 3.35. The Balaban J connectivity index is 2.10. The van der Waals surface area contributed by atoms with Crippen molar-refractivity contribution in [2.24, 2.45) is 0 Å². The van der Waals surface area contributed by atoms with Crippen LogP contribution in [0.2, 0.25) is 0 Å². The van der Waals surface area contributed by atoms with Crippen molar-refractivity contribution in [3.63, 3.8) is 0 Å². The van der Waals surface area contributed by atoms with Crippen molar-refractivity contribution in [2.75, 3.05) is 13.1 Å². The largest absolute Gasteiger partial charge is 0.328 e. The van der Waals surface area contributed by atoms with E-state index in [1.54, 1.807) is 24.3 Å². The van der Waals surface area contributed by atoms with Gasteiger partial charge in [-0.1, -0.05) is 30.3 Å². The molecule has 2 radical (unpaired) electrons. The molecule has 0 aliphatic carbocycles. The lowest BCUT2D eigenvalue weighted by atomic mass is 9.72. The van der Waals surface area contributed by atoms with Crippen LogP contribution in [0.15, 0.2) is 30.3 Å². The lowest BCUT2D eigenvalue weighted by Gasteiger charge is -2.24. The van der Waals surface area contributed by atoms with Crippen LogP contribution in [0.25, 0.3) is 0 Å². The zero-order chi connectivity index (χ0) is 15.7. The summed E-state index contributed by atoms with van der Waals surface area (Å²) in [7, 11) is 6.12. The Morgan fingerprint density at radius 2 is 1.86 bits per heavy atom. The van der Waals surface area contributed by atoms with E-state index in [2.05, 4.69) is 10.6 Å². The summed E-state index contributed by atoms with van der Waals surface area (Å²) in [5.41, 5.74) is -0.965. The van der Waals surface area contributed by atoms with Gasteiger partial charge in [0.15, 0.2) is 0 Å². The summed E-state index contributed by atoms with van der Waals surface area (Å²) in [4.78, 5) is 25.7. The SMILES string of the molecule is [B]C1(c2ccccc2)NC(=O)N(CCNC(C)(C)C)C1=O. The summed E-state index contributed by atoms with van der Waals surface area (Å²) in [6.07, 6.45) is 0. The summed E-state index contributed by atoms with van der Waals surface area (Å²) in [6.45, 7) is 6.88. The van der Waals surface area contributed by atoms with E-state index >= 15 is 0 Å². The Hall–Kier alpha value is -1.82. The molecule has 5 nitrogen and oxygen atoms in total. The van der Waals surface area contributed by atoms with Crippen LogP contribution in [0, 0.1) is 0 Å². The lowest BCUT2D eigenvalue weighted by molar-refractivity contribution is -0.128. The van der Waals surface area contributed by atoms with Crippen LogP contribution < -0.4 is 10.6 Å². The monoisotopic (exact) mass is 285 g/mol. The van der Waals surface area contributed by atoms with Gasteiger partial charge in [0, 0.05) is 18.6 Å². The fourth-order valence-electron chi connectivity index (χ4n) is 2.24. The van der Waals surface area contributed by atoms with Gasteiger partial charge in [0.25, 0.3) is 5.91 Å². The number of rotatable bonds is 4. The van der Waals surface area contributed by atoms with Crippen LogP contribution in [-0.2, 0) is 10.2 Å². The van der Waals surface area contributed by atoms with Crippen molar-refractivity contribution in [3.05, 3.63) is 35.9 Å². The third-order valence-electron chi connectivity index (χ3n) is 3.35. The molecule has 1 heterocycles. The van der Waals surface area contributed by atoms with Gasteiger partial charge < -0.3 is 10.6 Å². The molecular formula is C15H20BN3O2. The van der Waals surface area contributed by atoms with Crippen molar-refractivity contribution in [1.29, 1.82) is 0 Å². The molecule has 1 aromatic carbocycles. The molecule has 2 rings (SSSR count). The fourth-order valence-corrected chi connectivity index (χ4v) is 2.24. The van der Waals surface area contributed by atoms with Gasteiger partial charge in [0.2, 0.25) is 0 Å². The van der Waals surface area contributed by atoms with Crippen LogP contribution in [-0.4, -0.2) is 43.3 Å². The van der Waals surface area contributed by atoms with Crippen molar-refractivity contribution in [1.82, 2.24) is 15.5 Å². The van der Waals surface area contributed by atoms with Crippen molar-refractivity contribution < 1.29 is 9.59 Å². The van der Waals surface area contributed by atoms with E-state index < -0.39 is 17.4 Å². The van der Waals surface area contributed by atoms with Gasteiger partial charge in [-0.25, -0.2) is 4.79 Å². The minimum absolute atomic E-state index is 0.0710. The number of hydrogen-bond acceptors (Lipinski definition) is 3. The van der Waals surface area contributed by atoms with Gasteiger partial charge in [-0.3, -0.25) is 9.69 Å². The predicted octanol–water partition coefficient (Wildman–Crippen LogP) is 0.948. The van der Waals surface area contributed by atoms with Crippen LogP contribution >= 0.6 is 0 Å². The highest BCUT2D eigenvalue weighted by atomic mass is 16.2. The van der Waals surface area contributed by atoms with E-state index in [-0.39, 0.29) is 12.1 Å². The maximum absolute atomic E-state index is 12.5. The number of imide groups is 1. The van der Waals surface area contributed by atoms with Crippen LogP contribution in [0.4, 0.5) is 4.79 Å². The molecule has 110 valence electrons. The first-order chi connectivity index (χ1) is 9.74. The molecule has 0 saturated carbocycles. The summed E-state index contributed by atoms with van der Waals surface area (Å²) in [5.74, 6) is -0.422. The summed E-state index contributed by atoms with van der Waals surface area (Å²) < 4.78 is 0. The number of urea groups is 1. The summed E-state index contributed by atoms with van der Waals surface area (Å²) >= 11 is 0. The Kier molecular flexibility index (Phi) is 4.09. The second-order valence-electron chi connectivity index (χ2n) is 6.24. The van der Waals surface area contributed by atoms with E-state index in [4.69, 9.17) is 7.85 Å². The molecule has 1 aliphatic heterocycles. The number of nitrogens with one attached hydrogen (secondary N) is 2. The first-order valence-electron chi connectivity index (χ1n) is 6.97. The van der Waals surface area contributed by atoms with E-state index in [9.17, 15) is 9.59 Å². The lowest BCUT2D eigenvalue weighted by Crippen LogP contribution is -2.46. The molecule has 0 spiro atoms. The third kappa shape index (κ3) is 3.27.